The number of aliphatic hydroxyl groups is 1. The zero-order valence-electron chi connectivity index (χ0n) is 22.7. The normalized spacial score (nSPS) is 25.1. The van der Waals surface area contributed by atoms with Crippen LogP contribution in [-0.4, -0.2) is 55.3 Å². The number of aromatic nitrogens is 1. The minimum Gasteiger partial charge on any atom is -0.444 e. The fourth-order valence-electron chi connectivity index (χ4n) is 4.63. The Kier molecular flexibility index (Phi) is 7.62. The summed E-state index contributed by atoms with van der Waals surface area (Å²) < 4.78 is 12.1. The fourth-order valence-corrected chi connectivity index (χ4v) is 5.92. The van der Waals surface area contributed by atoms with E-state index in [1.54, 1.807) is 27.0 Å². The smallest absolute Gasteiger partial charge is 0.408 e. The van der Waals surface area contributed by atoms with Crippen molar-refractivity contribution in [1.82, 2.24) is 10.3 Å². The quantitative estimate of drug-likeness (QED) is 0.576. The number of pyridine rings is 1. The van der Waals surface area contributed by atoms with E-state index in [4.69, 9.17) is 9.16 Å². The molecular weight excluding hydrogens is 460 g/mol. The molecule has 1 aromatic rings. The Bertz CT molecular complexity index is 993. The molecule has 35 heavy (non-hydrogen) atoms. The lowest BCUT2D eigenvalue weighted by atomic mass is 9.91. The van der Waals surface area contributed by atoms with Gasteiger partial charge in [0.2, 0.25) is 0 Å². The molecular formula is C26H42N4O4Si. The van der Waals surface area contributed by atoms with Crippen LogP contribution in [0, 0.1) is 17.2 Å². The van der Waals surface area contributed by atoms with Crippen LogP contribution in [-0.2, 0) is 15.6 Å². The maximum atomic E-state index is 12.5. The zero-order chi connectivity index (χ0) is 26.3. The number of fused-ring (bicyclic) bond motifs is 1. The highest BCUT2D eigenvalue weighted by molar-refractivity contribution is 6.74. The molecule has 4 atom stereocenters. The van der Waals surface area contributed by atoms with Crippen molar-refractivity contribution < 1.29 is 19.1 Å². The monoisotopic (exact) mass is 502 g/mol. The SMILES string of the molecule is C[C@H]1CN(c2c(C#N)cnc3c2CCC3O[Si](C)(C)C(C)(C)C)C[C@@H](NC(=O)OC(C)(C)C)[C@@H]1O. The highest BCUT2D eigenvalue weighted by Crippen LogP contribution is 2.45. The lowest BCUT2D eigenvalue weighted by Gasteiger charge is -2.42. The lowest BCUT2D eigenvalue weighted by Crippen LogP contribution is -2.59. The van der Waals surface area contributed by atoms with Crippen molar-refractivity contribution in [2.45, 2.75) is 103 Å². The Morgan fingerprint density at radius 2 is 1.91 bits per heavy atom. The molecule has 3 rings (SSSR count). The van der Waals surface area contributed by atoms with E-state index in [9.17, 15) is 15.2 Å². The van der Waals surface area contributed by atoms with Gasteiger partial charge in [0.1, 0.15) is 11.7 Å². The topological polar surface area (TPSA) is 108 Å². The zero-order valence-corrected chi connectivity index (χ0v) is 23.7. The second-order valence-corrected chi connectivity index (χ2v) is 17.3. The highest BCUT2D eigenvalue weighted by atomic mass is 28.4. The molecule has 8 nitrogen and oxygen atoms in total. The summed E-state index contributed by atoms with van der Waals surface area (Å²) in [6, 6.07) is 1.79. The first-order chi connectivity index (χ1) is 16.0. The Morgan fingerprint density at radius 1 is 1.26 bits per heavy atom. The minimum atomic E-state index is -2.00. The van der Waals surface area contributed by atoms with Crippen LogP contribution in [0.15, 0.2) is 6.20 Å². The molecule has 0 saturated carbocycles. The summed E-state index contributed by atoms with van der Waals surface area (Å²) in [5, 5.41) is 23.7. The van der Waals surface area contributed by atoms with E-state index >= 15 is 0 Å². The number of amides is 1. The number of aliphatic hydroxyl groups excluding tert-OH is 1. The lowest BCUT2D eigenvalue weighted by molar-refractivity contribution is 0.0303. The average Bonchev–Trinajstić information content (AvgIpc) is 3.10. The van der Waals surface area contributed by atoms with Crippen LogP contribution in [0.25, 0.3) is 0 Å². The molecule has 2 N–H and O–H groups in total. The number of nitrogens with zero attached hydrogens (tertiary/aromatic N) is 3. The standard InChI is InChI=1S/C26H42N4O4Si/c1-16-14-30(15-19(23(16)31)29-24(32)33-25(2,3)4)22-17(12-27)13-28-21-18(22)10-11-20(21)34-35(8,9)26(5,6)7/h13,16,19-20,23,31H,10-11,14-15H2,1-9H3,(H,29,32)/t16-,19+,20?,23+/m0/s1. The summed E-state index contributed by atoms with van der Waals surface area (Å²) in [6.07, 6.45) is 1.91. The number of anilines is 1. The van der Waals surface area contributed by atoms with E-state index < -0.39 is 32.2 Å². The first-order valence-corrected chi connectivity index (χ1v) is 15.5. The molecule has 2 aliphatic rings. The molecule has 1 aliphatic heterocycles. The second kappa shape index (κ2) is 9.72. The largest absolute Gasteiger partial charge is 0.444 e. The molecule has 1 aromatic heterocycles. The van der Waals surface area contributed by atoms with Gasteiger partial charge in [0.05, 0.1) is 35.2 Å². The van der Waals surface area contributed by atoms with Gasteiger partial charge in [-0.05, 0) is 51.7 Å². The number of carbonyl (C=O) groups excluding carboxylic acids is 1. The van der Waals surface area contributed by atoms with Gasteiger partial charge in [-0.3, -0.25) is 4.98 Å². The molecule has 0 spiro atoms. The molecule has 1 aliphatic carbocycles. The van der Waals surface area contributed by atoms with E-state index in [1.165, 1.54) is 0 Å². The molecule has 0 bridgehead atoms. The maximum Gasteiger partial charge on any atom is 0.408 e. The van der Waals surface area contributed by atoms with E-state index in [0.717, 1.165) is 29.8 Å². The molecule has 0 aromatic carbocycles. The molecule has 1 saturated heterocycles. The highest BCUT2D eigenvalue weighted by Gasteiger charge is 2.43. The van der Waals surface area contributed by atoms with Gasteiger partial charge in [-0.2, -0.15) is 5.26 Å². The van der Waals surface area contributed by atoms with Gasteiger partial charge in [0.25, 0.3) is 0 Å². The van der Waals surface area contributed by atoms with Gasteiger partial charge in [0.15, 0.2) is 8.32 Å². The third kappa shape index (κ3) is 5.99. The van der Waals surface area contributed by atoms with Crippen molar-refractivity contribution in [2.75, 3.05) is 18.0 Å². The van der Waals surface area contributed by atoms with Crippen LogP contribution in [0.5, 0.6) is 0 Å². The van der Waals surface area contributed by atoms with Crippen LogP contribution < -0.4 is 10.2 Å². The van der Waals surface area contributed by atoms with E-state index in [-0.39, 0.29) is 17.1 Å². The van der Waals surface area contributed by atoms with Crippen molar-refractivity contribution in [2.24, 2.45) is 5.92 Å². The second-order valence-electron chi connectivity index (χ2n) is 12.5. The van der Waals surface area contributed by atoms with Crippen LogP contribution in [0.1, 0.15) is 77.8 Å². The predicted molar refractivity (Wildman–Crippen MR) is 139 cm³/mol. The van der Waals surface area contributed by atoms with Crippen LogP contribution in [0.3, 0.4) is 0 Å². The van der Waals surface area contributed by atoms with Crippen LogP contribution >= 0.6 is 0 Å². The van der Waals surface area contributed by atoms with Crippen molar-refractivity contribution in [1.29, 1.82) is 5.26 Å². The van der Waals surface area contributed by atoms with Gasteiger partial charge < -0.3 is 24.5 Å². The molecule has 1 unspecified atom stereocenters. The summed E-state index contributed by atoms with van der Waals surface area (Å²) >= 11 is 0. The Labute approximate surface area is 211 Å². The van der Waals surface area contributed by atoms with Gasteiger partial charge in [-0.25, -0.2) is 4.79 Å². The first-order valence-electron chi connectivity index (χ1n) is 12.6. The summed E-state index contributed by atoms with van der Waals surface area (Å²) in [5.74, 6) is -0.111. The Morgan fingerprint density at radius 3 is 2.49 bits per heavy atom. The molecule has 2 heterocycles. The molecule has 0 radical (unpaired) electrons. The van der Waals surface area contributed by atoms with Gasteiger partial charge in [-0.1, -0.05) is 27.7 Å². The first kappa shape index (κ1) is 27.4. The van der Waals surface area contributed by atoms with E-state index in [0.29, 0.717) is 18.7 Å². The number of nitriles is 1. The number of nitrogens with one attached hydrogen (secondary N) is 1. The number of piperidine rings is 1. The third-order valence-electron chi connectivity index (χ3n) is 7.45. The number of alkyl carbamates (subject to hydrolysis) is 1. The Hall–Kier alpha value is -2.15. The number of rotatable bonds is 4. The maximum absolute atomic E-state index is 12.5. The van der Waals surface area contributed by atoms with Crippen LogP contribution in [0.4, 0.5) is 10.5 Å². The van der Waals surface area contributed by atoms with Crippen molar-refractivity contribution in [3.05, 3.63) is 23.0 Å². The van der Waals surface area contributed by atoms with Crippen molar-refractivity contribution in [3.8, 4) is 6.07 Å². The number of hydrogen-bond acceptors (Lipinski definition) is 7. The number of carbonyl (C=O) groups is 1. The summed E-state index contributed by atoms with van der Waals surface area (Å²) in [5.41, 5.74) is 2.70. The van der Waals surface area contributed by atoms with Gasteiger partial charge >= 0.3 is 6.09 Å². The molecule has 1 amide bonds. The molecule has 1 fully saturated rings. The fraction of sp³-hybridized carbons (Fsp3) is 0.731. The van der Waals surface area contributed by atoms with Gasteiger partial charge in [0, 0.05) is 30.8 Å². The number of hydrogen-bond donors (Lipinski definition) is 2. The third-order valence-corrected chi connectivity index (χ3v) is 11.9. The van der Waals surface area contributed by atoms with Crippen molar-refractivity contribution >= 4 is 20.1 Å². The van der Waals surface area contributed by atoms with Crippen molar-refractivity contribution in [3.63, 3.8) is 0 Å². The Balaban J connectivity index is 1.91. The summed E-state index contributed by atoms with van der Waals surface area (Å²) in [7, 11) is -2.00. The van der Waals surface area contributed by atoms with Crippen LogP contribution in [0.2, 0.25) is 18.1 Å². The minimum absolute atomic E-state index is 0.0825. The van der Waals surface area contributed by atoms with E-state index in [1.807, 2.05) is 6.92 Å². The number of ether oxygens (including phenoxy) is 1. The molecule has 9 heteroatoms. The predicted octanol–water partition coefficient (Wildman–Crippen LogP) is 4.67. The van der Waals surface area contributed by atoms with E-state index in [2.05, 4.69) is 55.1 Å². The molecule has 194 valence electrons. The summed E-state index contributed by atoms with van der Waals surface area (Å²) in [6.45, 7) is 19.5. The summed E-state index contributed by atoms with van der Waals surface area (Å²) in [4.78, 5) is 19.3. The average molecular weight is 503 g/mol. The van der Waals surface area contributed by atoms with Gasteiger partial charge in [-0.15, -0.1) is 0 Å².